The maximum atomic E-state index is 13.3. The van der Waals surface area contributed by atoms with Gasteiger partial charge < -0.3 is 19.8 Å². The van der Waals surface area contributed by atoms with E-state index in [4.69, 9.17) is 11.6 Å². The number of hydrogen-bond donors (Lipinski definition) is 1. The molecule has 0 saturated carbocycles. The molecule has 33 heavy (non-hydrogen) atoms. The number of aromatic hydroxyl groups is 1. The molecule has 0 radical (unpaired) electrons. The van der Waals surface area contributed by atoms with Gasteiger partial charge in [-0.05, 0) is 36.4 Å². The summed E-state index contributed by atoms with van der Waals surface area (Å²) in [5.41, 5.74) is 0.243. The predicted molar refractivity (Wildman–Crippen MR) is 128 cm³/mol. The number of aromatic nitrogens is 1. The summed E-state index contributed by atoms with van der Waals surface area (Å²) in [5, 5.41) is 12.8. The number of pyridine rings is 1. The van der Waals surface area contributed by atoms with Gasteiger partial charge in [-0.15, -0.1) is 0 Å². The Balaban J connectivity index is 1.29. The van der Waals surface area contributed by atoms with Crippen LogP contribution >= 0.6 is 11.6 Å². The lowest BCUT2D eigenvalue weighted by Gasteiger charge is -2.37. The lowest BCUT2D eigenvalue weighted by molar-refractivity contribution is -0.135. The molecule has 8 heteroatoms. The maximum Gasteiger partial charge on any atom is 0.258 e. The summed E-state index contributed by atoms with van der Waals surface area (Å²) in [6, 6.07) is 14.1. The van der Waals surface area contributed by atoms with E-state index < -0.39 is 6.04 Å². The molecule has 5 rings (SSSR count). The third-order valence-corrected chi connectivity index (χ3v) is 6.78. The summed E-state index contributed by atoms with van der Waals surface area (Å²) in [6.07, 6.45) is 3.03. The fourth-order valence-corrected chi connectivity index (χ4v) is 4.88. The predicted octanol–water partition coefficient (Wildman–Crippen LogP) is 3.55. The van der Waals surface area contributed by atoms with Crippen molar-refractivity contribution in [3.05, 3.63) is 65.3 Å². The zero-order valence-electron chi connectivity index (χ0n) is 18.2. The summed E-state index contributed by atoms with van der Waals surface area (Å²) >= 11 is 5.93. The van der Waals surface area contributed by atoms with Crippen LogP contribution in [0.25, 0.3) is 10.8 Å². The van der Waals surface area contributed by atoms with Crippen LogP contribution in [0, 0.1) is 0 Å². The van der Waals surface area contributed by atoms with Crippen molar-refractivity contribution in [1.82, 2.24) is 14.8 Å². The van der Waals surface area contributed by atoms with E-state index in [1.54, 1.807) is 23.2 Å². The van der Waals surface area contributed by atoms with Crippen molar-refractivity contribution in [2.24, 2.45) is 0 Å². The van der Waals surface area contributed by atoms with Crippen LogP contribution in [-0.4, -0.2) is 70.5 Å². The van der Waals surface area contributed by atoms with Crippen molar-refractivity contribution in [3.63, 3.8) is 0 Å². The van der Waals surface area contributed by atoms with E-state index in [2.05, 4.69) is 9.88 Å². The topological polar surface area (TPSA) is 77.0 Å². The number of fused-ring (bicyclic) bond motifs is 1. The van der Waals surface area contributed by atoms with Gasteiger partial charge in [0.25, 0.3) is 5.91 Å². The third kappa shape index (κ3) is 4.09. The number of carbonyl (C=O) groups excluding carboxylic acids is 2. The molecular formula is C25H25ClN4O3. The molecule has 0 aliphatic carbocycles. The van der Waals surface area contributed by atoms with E-state index in [1.165, 1.54) is 0 Å². The second-order valence-corrected chi connectivity index (χ2v) is 8.92. The van der Waals surface area contributed by atoms with E-state index in [1.807, 2.05) is 41.3 Å². The molecule has 2 saturated heterocycles. The number of carbonyl (C=O) groups is 2. The molecule has 2 amide bonds. The van der Waals surface area contributed by atoms with Gasteiger partial charge in [0.1, 0.15) is 17.6 Å². The third-order valence-electron chi connectivity index (χ3n) is 6.56. The Hall–Kier alpha value is -3.32. The number of nitrogens with zero attached hydrogens (tertiary/aromatic N) is 4. The van der Waals surface area contributed by atoms with Crippen LogP contribution in [0.4, 0.5) is 5.82 Å². The number of hydrogen-bond acceptors (Lipinski definition) is 5. The highest BCUT2D eigenvalue weighted by molar-refractivity contribution is 6.30. The Bertz CT molecular complexity index is 1190. The Morgan fingerprint density at radius 1 is 0.970 bits per heavy atom. The average molecular weight is 465 g/mol. The van der Waals surface area contributed by atoms with Crippen LogP contribution in [0.2, 0.25) is 5.02 Å². The molecule has 170 valence electrons. The van der Waals surface area contributed by atoms with Crippen molar-refractivity contribution < 1.29 is 14.7 Å². The normalized spacial score (nSPS) is 18.7. The molecule has 2 fully saturated rings. The van der Waals surface area contributed by atoms with Crippen molar-refractivity contribution in [3.8, 4) is 5.75 Å². The first kappa shape index (κ1) is 21.5. The number of rotatable bonds is 3. The Morgan fingerprint density at radius 2 is 1.76 bits per heavy atom. The van der Waals surface area contributed by atoms with Gasteiger partial charge in [-0.2, -0.15) is 0 Å². The van der Waals surface area contributed by atoms with Crippen LogP contribution in [0.3, 0.4) is 0 Å². The number of piperazine rings is 1. The number of likely N-dealkylation sites (tertiary alicyclic amines) is 1. The minimum atomic E-state index is -0.497. The van der Waals surface area contributed by atoms with E-state index in [-0.39, 0.29) is 23.1 Å². The zero-order valence-corrected chi connectivity index (χ0v) is 18.9. The van der Waals surface area contributed by atoms with E-state index in [9.17, 15) is 14.7 Å². The Morgan fingerprint density at radius 3 is 2.52 bits per heavy atom. The minimum Gasteiger partial charge on any atom is -0.506 e. The highest BCUT2D eigenvalue weighted by Crippen LogP contribution is 2.32. The minimum absolute atomic E-state index is 0.0233. The smallest absolute Gasteiger partial charge is 0.258 e. The van der Waals surface area contributed by atoms with Gasteiger partial charge in [0.15, 0.2) is 0 Å². The van der Waals surface area contributed by atoms with Crippen LogP contribution in [-0.2, 0) is 4.79 Å². The zero-order chi connectivity index (χ0) is 22.9. The molecule has 1 atom stereocenters. The second-order valence-electron chi connectivity index (χ2n) is 8.49. The van der Waals surface area contributed by atoms with Crippen LogP contribution in [0.15, 0.2) is 54.7 Å². The van der Waals surface area contributed by atoms with Gasteiger partial charge in [0.05, 0.1) is 10.6 Å². The van der Waals surface area contributed by atoms with Gasteiger partial charge in [-0.25, -0.2) is 4.98 Å². The fraction of sp³-hybridized carbons (Fsp3) is 0.320. The van der Waals surface area contributed by atoms with Gasteiger partial charge >= 0.3 is 0 Å². The first-order valence-corrected chi connectivity index (χ1v) is 11.6. The van der Waals surface area contributed by atoms with Crippen LogP contribution in [0.5, 0.6) is 5.75 Å². The van der Waals surface area contributed by atoms with Crippen LogP contribution in [0.1, 0.15) is 23.2 Å². The molecule has 0 spiro atoms. The highest BCUT2D eigenvalue weighted by atomic mass is 35.5. The van der Waals surface area contributed by atoms with Gasteiger partial charge in [0.2, 0.25) is 5.91 Å². The fourth-order valence-electron chi connectivity index (χ4n) is 4.77. The molecule has 2 aliphatic rings. The Kier molecular flexibility index (Phi) is 5.81. The molecule has 7 nitrogen and oxygen atoms in total. The lowest BCUT2D eigenvalue weighted by atomic mass is 10.0. The first-order valence-electron chi connectivity index (χ1n) is 11.2. The standard InChI is InChI=1S/C25H25ClN4O3/c26-18-8-10-22(27-16-18)28-12-14-29(15-13-28)25(33)21-6-3-11-30(21)24(32)20-9-7-17-4-1-2-5-19(17)23(20)31/h1-2,4-5,7-10,16,21,31H,3,6,11-15H2. The molecular weight excluding hydrogens is 440 g/mol. The van der Waals surface area contributed by atoms with E-state index >= 15 is 0 Å². The van der Waals surface area contributed by atoms with Crippen molar-refractivity contribution in [1.29, 1.82) is 0 Å². The monoisotopic (exact) mass is 464 g/mol. The van der Waals surface area contributed by atoms with Crippen molar-refractivity contribution in [2.45, 2.75) is 18.9 Å². The highest BCUT2D eigenvalue weighted by Gasteiger charge is 2.38. The molecule has 3 aromatic rings. The Labute approximate surface area is 197 Å². The summed E-state index contributed by atoms with van der Waals surface area (Å²) in [4.78, 5) is 36.6. The summed E-state index contributed by atoms with van der Waals surface area (Å²) in [7, 11) is 0. The van der Waals surface area contributed by atoms with E-state index in [0.717, 1.165) is 17.6 Å². The molecule has 2 aromatic carbocycles. The maximum absolute atomic E-state index is 13.3. The van der Waals surface area contributed by atoms with Crippen LogP contribution < -0.4 is 4.90 Å². The number of anilines is 1. The number of phenolic OH excluding ortho intramolecular Hbond substituents is 1. The first-order chi connectivity index (χ1) is 16.0. The molecule has 3 heterocycles. The molecule has 1 aromatic heterocycles. The lowest BCUT2D eigenvalue weighted by Crippen LogP contribution is -2.54. The number of amides is 2. The number of halogens is 1. The average Bonchev–Trinajstić information content (AvgIpc) is 3.34. The molecule has 0 bridgehead atoms. The van der Waals surface area contributed by atoms with Crippen molar-refractivity contribution in [2.75, 3.05) is 37.6 Å². The molecule has 2 aliphatic heterocycles. The SMILES string of the molecule is O=C(C1CCCN1C(=O)c1ccc2ccccc2c1O)N1CCN(c2ccc(Cl)cn2)CC1. The summed E-state index contributed by atoms with van der Waals surface area (Å²) in [5.74, 6) is 0.499. The molecule has 1 unspecified atom stereocenters. The number of benzene rings is 2. The van der Waals surface area contributed by atoms with Gasteiger partial charge in [-0.3, -0.25) is 9.59 Å². The summed E-state index contributed by atoms with van der Waals surface area (Å²) < 4.78 is 0. The molecule has 1 N–H and O–H groups in total. The second kappa shape index (κ2) is 8.90. The number of phenols is 1. The quantitative estimate of drug-likeness (QED) is 0.641. The summed E-state index contributed by atoms with van der Waals surface area (Å²) in [6.45, 7) is 3.00. The van der Waals surface area contributed by atoms with Crippen molar-refractivity contribution >= 4 is 40.0 Å². The van der Waals surface area contributed by atoms with Gasteiger partial charge in [-0.1, -0.05) is 41.9 Å². The van der Waals surface area contributed by atoms with Gasteiger partial charge in [0, 0.05) is 44.3 Å². The van der Waals surface area contributed by atoms with E-state index in [0.29, 0.717) is 49.6 Å². The largest absolute Gasteiger partial charge is 0.506 e.